The summed E-state index contributed by atoms with van der Waals surface area (Å²) < 4.78 is 0. The number of benzene rings is 6. The van der Waals surface area contributed by atoms with Crippen LogP contribution in [0.1, 0.15) is 22.5 Å². The van der Waals surface area contributed by atoms with Crippen LogP contribution in [0.25, 0.3) is 43.8 Å². The summed E-state index contributed by atoms with van der Waals surface area (Å²) in [4.78, 5) is 20.2. The minimum absolute atomic E-state index is 0.734. The van der Waals surface area contributed by atoms with Gasteiger partial charge in [0.1, 0.15) is 11.4 Å². The van der Waals surface area contributed by atoms with Crippen LogP contribution in [0, 0.1) is 0 Å². The Morgan fingerprint density at radius 2 is 0.667 bits per heavy atom. The van der Waals surface area contributed by atoms with E-state index in [4.69, 9.17) is 20.0 Å². The van der Waals surface area contributed by atoms with Gasteiger partial charge in [0.05, 0.1) is 22.8 Å². The van der Waals surface area contributed by atoms with Crippen LogP contribution >= 0.6 is 0 Å². The minimum Gasteiger partial charge on any atom is -0.252 e. The summed E-state index contributed by atoms with van der Waals surface area (Å²) in [7, 11) is 0. The van der Waals surface area contributed by atoms with E-state index in [-0.39, 0.29) is 0 Å². The van der Waals surface area contributed by atoms with Crippen molar-refractivity contribution in [2.45, 2.75) is 0 Å². The second-order valence-corrected chi connectivity index (χ2v) is 11.9. The Bertz CT molecular complexity index is 2370. The van der Waals surface area contributed by atoms with Crippen LogP contribution < -0.4 is 0 Å². The van der Waals surface area contributed by atoms with Crippen LogP contribution in [0.5, 0.6) is 0 Å². The van der Waals surface area contributed by atoms with Gasteiger partial charge in [-0.1, -0.05) is 109 Å². The van der Waals surface area contributed by atoms with Crippen molar-refractivity contribution in [2.24, 2.45) is 9.98 Å². The molecular formula is C44H28N4. The van der Waals surface area contributed by atoms with E-state index in [1.165, 1.54) is 33.0 Å². The Hall–Kier alpha value is -6.52. The monoisotopic (exact) mass is 612 g/mol. The highest BCUT2D eigenvalue weighted by Crippen LogP contribution is 2.34. The predicted molar refractivity (Wildman–Crippen MR) is 198 cm³/mol. The van der Waals surface area contributed by atoms with Gasteiger partial charge in [0.15, 0.2) is 0 Å². The Kier molecular flexibility index (Phi) is 6.76. The van der Waals surface area contributed by atoms with E-state index in [0.29, 0.717) is 0 Å². The van der Waals surface area contributed by atoms with Gasteiger partial charge in [-0.05, 0) is 92.3 Å². The highest BCUT2D eigenvalue weighted by atomic mass is 14.9. The lowest BCUT2D eigenvalue weighted by molar-refractivity contribution is 1.22. The SMILES string of the molecule is c1ccc(-c2ccc3cc(/C4=N/c5cccnc5/C(c5ccc6cc(-c7ccccc7)ccc6c5)=N\c5cccnc54)ccc3c2)cc1. The molecule has 0 saturated heterocycles. The van der Waals surface area contributed by atoms with Crippen molar-refractivity contribution in [3.63, 3.8) is 0 Å². The molecule has 1 aliphatic heterocycles. The van der Waals surface area contributed by atoms with E-state index in [1.807, 2.05) is 48.8 Å². The van der Waals surface area contributed by atoms with Gasteiger partial charge in [0, 0.05) is 23.5 Å². The van der Waals surface area contributed by atoms with Crippen molar-refractivity contribution in [1.29, 1.82) is 0 Å². The summed E-state index contributed by atoms with van der Waals surface area (Å²) in [6, 6.07) is 55.0. The Morgan fingerprint density at radius 1 is 0.292 bits per heavy atom. The molecule has 0 radical (unpaired) electrons. The van der Waals surface area contributed by atoms with Crippen molar-refractivity contribution in [2.75, 3.05) is 0 Å². The molecule has 0 atom stereocenters. The third-order valence-electron chi connectivity index (χ3n) is 8.93. The fraction of sp³-hybridized carbons (Fsp3) is 0. The fourth-order valence-corrected chi connectivity index (χ4v) is 6.49. The molecule has 0 amide bonds. The van der Waals surface area contributed by atoms with E-state index in [9.17, 15) is 0 Å². The molecule has 4 heteroatoms. The van der Waals surface area contributed by atoms with Crippen molar-refractivity contribution in [3.05, 3.63) is 193 Å². The molecule has 0 bridgehead atoms. The number of aliphatic imine (C=N–C) groups is 2. The van der Waals surface area contributed by atoms with Crippen molar-refractivity contribution < 1.29 is 0 Å². The van der Waals surface area contributed by atoms with E-state index < -0.39 is 0 Å². The van der Waals surface area contributed by atoms with Crippen molar-refractivity contribution in [1.82, 2.24) is 9.97 Å². The quantitative estimate of drug-likeness (QED) is 0.199. The van der Waals surface area contributed by atoms with E-state index in [0.717, 1.165) is 56.1 Å². The molecule has 0 unspecified atom stereocenters. The summed E-state index contributed by atoms with van der Waals surface area (Å²) in [6.45, 7) is 0. The van der Waals surface area contributed by atoms with Gasteiger partial charge >= 0.3 is 0 Å². The van der Waals surface area contributed by atoms with Gasteiger partial charge in [-0.15, -0.1) is 0 Å². The molecule has 0 saturated carbocycles. The van der Waals surface area contributed by atoms with E-state index in [1.54, 1.807) is 0 Å². The number of fused-ring (bicyclic) bond motifs is 4. The number of pyridine rings is 2. The molecule has 4 nitrogen and oxygen atoms in total. The summed E-state index contributed by atoms with van der Waals surface area (Å²) in [6.07, 6.45) is 3.62. The molecule has 0 fully saturated rings. The van der Waals surface area contributed by atoms with Crippen LogP contribution in [0.2, 0.25) is 0 Å². The topological polar surface area (TPSA) is 50.5 Å². The Labute approximate surface area is 278 Å². The van der Waals surface area contributed by atoms with Gasteiger partial charge < -0.3 is 0 Å². The maximum atomic E-state index is 5.28. The first-order valence-electron chi connectivity index (χ1n) is 16.0. The zero-order chi connectivity index (χ0) is 31.9. The van der Waals surface area contributed by atoms with E-state index in [2.05, 4.69) is 121 Å². The highest BCUT2D eigenvalue weighted by Gasteiger charge is 2.22. The molecule has 3 heterocycles. The molecule has 0 aliphatic carbocycles. The molecular weight excluding hydrogens is 585 g/mol. The van der Waals surface area contributed by atoms with Crippen LogP contribution in [-0.4, -0.2) is 21.4 Å². The summed E-state index contributed by atoms with van der Waals surface area (Å²) in [5.41, 5.74) is 11.2. The molecule has 1 aliphatic rings. The Morgan fingerprint density at radius 3 is 1.08 bits per heavy atom. The maximum absolute atomic E-state index is 5.28. The zero-order valence-electron chi connectivity index (χ0n) is 26.0. The molecule has 6 aromatic carbocycles. The van der Waals surface area contributed by atoms with Crippen LogP contribution in [0.15, 0.2) is 180 Å². The number of rotatable bonds is 4. The zero-order valence-corrected chi connectivity index (χ0v) is 26.0. The lowest BCUT2D eigenvalue weighted by Crippen LogP contribution is -2.12. The fourth-order valence-electron chi connectivity index (χ4n) is 6.49. The lowest BCUT2D eigenvalue weighted by Gasteiger charge is -2.17. The van der Waals surface area contributed by atoms with Crippen molar-refractivity contribution >= 4 is 44.3 Å². The summed E-state index contributed by atoms with van der Waals surface area (Å²) >= 11 is 0. The first-order chi connectivity index (χ1) is 23.8. The molecule has 0 N–H and O–H groups in total. The third kappa shape index (κ3) is 5.06. The molecule has 8 aromatic rings. The van der Waals surface area contributed by atoms with Crippen LogP contribution in [-0.2, 0) is 0 Å². The molecule has 224 valence electrons. The number of aromatic nitrogens is 2. The van der Waals surface area contributed by atoms with Crippen LogP contribution in [0.3, 0.4) is 0 Å². The third-order valence-corrected chi connectivity index (χ3v) is 8.93. The van der Waals surface area contributed by atoms with Crippen molar-refractivity contribution in [3.8, 4) is 22.3 Å². The molecule has 48 heavy (non-hydrogen) atoms. The Balaban J connectivity index is 1.15. The largest absolute Gasteiger partial charge is 0.252 e. The molecule has 2 aromatic heterocycles. The normalized spacial score (nSPS) is 14.6. The molecule has 0 spiro atoms. The van der Waals surface area contributed by atoms with Gasteiger partial charge in [-0.2, -0.15) is 0 Å². The minimum atomic E-state index is 0.734. The second kappa shape index (κ2) is 11.7. The average Bonchev–Trinajstić information content (AvgIpc) is 3.15. The maximum Gasteiger partial charge on any atom is 0.115 e. The van der Waals surface area contributed by atoms with E-state index >= 15 is 0 Å². The standard InChI is InChI=1S/C44H28N4/c1-3-9-29(10-4-1)31-15-17-35-27-37(21-19-33(35)25-31)41-43-39(13-7-23-45-43)48-42(44-40(47-41)14-8-24-46-44)38-22-20-34-26-32(16-18-36(34)28-38)30-11-5-2-6-12-30/h1-28H/b43-41?,44-42?,47-40?,47-41-,48-39?,48-42-. The summed E-state index contributed by atoms with van der Waals surface area (Å²) in [5.74, 6) is 0. The first kappa shape index (κ1) is 27.8. The molecule has 9 rings (SSSR count). The number of hydrogen-bond acceptors (Lipinski definition) is 4. The lowest BCUT2D eigenvalue weighted by atomic mass is 9.96. The van der Waals surface area contributed by atoms with Gasteiger partial charge in [-0.25, -0.2) is 9.98 Å². The smallest absolute Gasteiger partial charge is 0.115 e. The van der Waals surface area contributed by atoms with Gasteiger partial charge in [0.25, 0.3) is 0 Å². The highest BCUT2D eigenvalue weighted by molar-refractivity contribution is 6.22. The van der Waals surface area contributed by atoms with Crippen LogP contribution in [0.4, 0.5) is 11.4 Å². The average molecular weight is 613 g/mol. The predicted octanol–water partition coefficient (Wildman–Crippen LogP) is 10.8. The number of nitrogens with zero attached hydrogens (tertiary/aromatic N) is 4. The second-order valence-electron chi connectivity index (χ2n) is 11.9. The number of hydrogen-bond donors (Lipinski definition) is 0. The first-order valence-corrected chi connectivity index (χ1v) is 16.0. The summed E-state index contributed by atoms with van der Waals surface area (Å²) in [5, 5.41) is 4.61. The van der Waals surface area contributed by atoms with Gasteiger partial charge in [-0.3, -0.25) is 9.97 Å². The van der Waals surface area contributed by atoms with Gasteiger partial charge in [0.2, 0.25) is 0 Å².